The molecule has 2 aromatic carbocycles. The highest BCUT2D eigenvalue weighted by Gasteiger charge is 2.42. The van der Waals surface area contributed by atoms with Gasteiger partial charge in [0.05, 0.1) is 11.6 Å². The number of carbonyl (C=O) groups is 1. The third kappa shape index (κ3) is 3.62. The van der Waals surface area contributed by atoms with Crippen LogP contribution in [0.4, 0.5) is 5.69 Å². The quantitative estimate of drug-likeness (QED) is 0.825. The molecule has 2 N–H and O–H groups in total. The Hall–Kier alpha value is -1.86. The Morgan fingerprint density at radius 3 is 2.81 bits per heavy atom. The molecule has 2 aliphatic rings. The third-order valence-electron chi connectivity index (χ3n) is 4.95. The molecule has 1 fully saturated rings. The molecule has 7 heteroatoms. The van der Waals surface area contributed by atoms with E-state index in [0.29, 0.717) is 16.7 Å². The van der Waals surface area contributed by atoms with Gasteiger partial charge in [0.25, 0.3) is 0 Å². The van der Waals surface area contributed by atoms with Crippen LogP contribution in [-0.2, 0) is 10.5 Å². The molecule has 0 spiro atoms. The number of hydrogen-bond donors (Lipinski definition) is 2. The molecule has 1 amide bonds. The number of amides is 1. The standard InChI is InChI=1S/C20H21ClN4OS/c1-12-5-3-4-6-14(12)11-27-20-23-18-16(10-22-24-18)19(26)25(20)15-7-8-17(21)13(2)9-15/h3-9,16,18,22,24H,10-11H2,1-2H3. The topological polar surface area (TPSA) is 56.7 Å². The summed E-state index contributed by atoms with van der Waals surface area (Å²) in [5.41, 5.74) is 10.4. The number of thioether (sulfide) groups is 1. The number of aliphatic imine (C=N–C) groups is 1. The van der Waals surface area contributed by atoms with Crippen LogP contribution in [0.5, 0.6) is 0 Å². The summed E-state index contributed by atoms with van der Waals surface area (Å²) >= 11 is 7.77. The Morgan fingerprint density at radius 1 is 1.22 bits per heavy atom. The molecule has 2 atom stereocenters. The lowest BCUT2D eigenvalue weighted by Gasteiger charge is -2.32. The molecule has 2 unspecified atom stereocenters. The summed E-state index contributed by atoms with van der Waals surface area (Å²) < 4.78 is 0. The first-order chi connectivity index (χ1) is 13.0. The first-order valence-electron chi connectivity index (χ1n) is 8.88. The first kappa shape index (κ1) is 18.5. The van der Waals surface area contributed by atoms with Crippen molar-refractivity contribution in [3.8, 4) is 0 Å². The molecule has 0 aromatic heterocycles. The van der Waals surface area contributed by atoms with Gasteiger partial charge in [-0.3, -0.25) is 15.1 Å². The van der Waals surface area contributed by atoms with Crippen molar-refractivity contribution in [2.45, 2.75) is 25.8 Å². The zero-order valence-corrected chi connectivity index (χ0v) is 16.8. The van der Waals surface area contributed by atoms with Gasteiger partial charge in [0.2, 0.25) is 5.91 Å². The third-order valence-corrected chi connectivity index (χ3v) is 6.37. The molecular formula is C20H21ClN4OS. The van der Waals surface area contributed by atoms with Gasteiger partial charge in [0.15, 0.2) is 5.17 Å². The minimum Gasteiger partial charge on any atom is -0.274 e. The minimum atomic E-state index is -0.221. The van der Waals surface area contributed by atoms with Crippen LogP contribution in [-0.4, -0.2) is 23.8 Å². The maximum Gasteiger partial charge on any atom is 0.241 e. The summed E-state index contributed by atoms with van der Waals surface area (Å²) in [4.78, 5) is 19.8. The van der Waals surface area contributed by atoms with Crippen molar-refractivity contribution in [3.63, 3.8) is 0 Å². The number of fused-ring (bicyclic) bond motifs is 1. The maximum absolute atomic E-state index is 13.2. The lowest BCUT2D eigenvalue weighted by atomic mass is 10.0. The van der Waals surface area contributed by atoms with Gasteiger partial charge in [-0.25, -0.2) is 10.4 Å². The zero-order valence-electron chi connectivity index (χ0n) is 15.2. The van der Waals surface area contributed by atoms with Crippen LogP contribution in [0.3, 0.4) is 0 Å². The molecule has 140 valence electrons. The highest BCUT2D eigenvalue weighted by atomic mass is 35.5. The fourth-order valence-corrected chi connectivity index (χ4v) is 4.53. The number of aryl methyl sites for hydroxylation is 2. The Kier molecular flexibility index (Phi) is 5.23. The fourth-order valence-electron chi connectivity index (χ4n) is 3.29. The van der Waals surface area contributed by atoms with Crippen molar-refractivity contribution < 1.29 is 4.79 Å². The van der Waals surface area contributed by atoms with Crippen LogP contribution in [0.2, 0.25) is 5.02 Å². The molecule has 0 saturated carbocycles. The zero-order chi connectivity index (χ0) is 19.0. The molecule has 2 aromatic rings. The summed E-state index contributed by atoms with van der Waals surface area (Å²) in [5.74, 6) is 0.609. The van der Waals surface area contributed by atoms with Gasteiger partial charge in [-0.05, 0) is 48.7 Å². The van der Waals surface area contributed by atoms with Crippen LogP contribution in [0.1, 0.15) is 16.7 Å². The van der Waals surface area contributed by atoms with Crippen molar-refractivity contribution in [1.82, 2.24) is 10.9 Å². The number of nitrogens with zero attached hydrogens (tertiary/aromatic N) is 2. The van der Waals surface area contributed by atoms with E-state index in [0.717, 1.165) is 17.0 Å². The number of halogens is 1. The summed E-state index contributed by atoms with van der Waals surface area (Å²) in [6.45, 7) is 4.62. The second-order valence-corrected chi connectivity index (χ2v) is 8.16. The largest absolute Gasteiger partial charge is 0.274 e. The lowest BCUT2D eigenvalue weighted by molar-refractivity contribution is -0.121. The minimum absolute atomic E-state index is 0.0570. The lowest BCUT2D eigenvalue weighted by Crippen LogP contribution is -2.49. The average molecular weight is 401 g/mol. The Morgan fingerprint density at radius 2 is 2.04 bits per heavy atom. The number of anilines is 1. The van der Waals surface area contributed by atoms with Gasteiger partial charge in [-0.1, -0.05) is 47.6 Å². The smallest absolute Gasteiger partial charge is 0.241 e. The van der Waals surface area contributed by atoms with Crippen LogP contribution < -0.4 is 15.8 Å². The van der Waals surface area contributed by atoms with Crippen LogP contribution >= 0.6 is 23.4 Å². The van der Waals surface area contributed by atoms with E-state index in [1.165, 1.54) is 11.1 Å². The number of carbonyl (C=O) groups excluding carboxylic acids is 1. The van der Waals surface area contributed by atoms with E-state index in [2.05, 4.69) is 29.9 Å². The van der Waals surface area contributed by atoms with E-state index in [9.17, 15) is 4.79 Å². The number of hydrogen-bond acceptors (Lipinski definition) is 5. The number of hydrazine groups is 1. The first-order valence-corrected chi connectivity index (χ1v) is 10.2. The van der Waals surface area contributed by atoms with Gasteiger partial charge < -0.3 is 0 Å². The summed E-state index contributed by atoms with van der Waals surface area (Å²) in [6, 6.07) is 13.9. The second-order valence-electron chi connectivity index (χ2n) is 6.81. The van der Waals surface area contributed by atoms with Gasteiger partial charge in [0.1, 0.15) is 6.17 Å². The molecule has 2 heterocycles. The van der Waals surface area contributed by atoms with Gasteiger partial charge in [-0.15, -0.1) is 0 Å². The monoisotopic (exact) mass is 400 g/mol. The molecule has 27 heavy (non-hydrogen) atoms. The normalized spacial score (nSPS) is 22.0. The Bertz CT molecular complexity index is 917. The SMILES string of the molecule is Cc1cc(N2C(=O)C3CNNC3N=C2SCc2ccccc2C)ccc1Cl. The van der Waals surface area contributed by atoms with Gasteiger partial charge in [-0.2, -0.15) is 0 Å². The summed E-state index contributed by atoms with van der Waals surface area (Å²) in [7, 11) is 0. The van der Waals surface area contributed by atoms with Crippen LogP contribution in [0.15, 0.2) is 47.5 Å². The number of benzene rings is 2. The van der Waals surface area contributed by atoms with Crippen LogP contribution in [0, 0.1) is 19.8 Å². The predicted octanol–water partition coefficient (Wildman–Crippen LogP) is 3.64. The number of amidine groups is 1. The van der Waals surface area contributed by atoms with E-state index >= 15 is 0 Å². The van der Waals surface area contributed by atoms with E-state index in [1.54, 1.807) is 16.7 Å². The van der Waals surface area contributed by atoms with Crippen molar-refractivity contribution >= 4 is 40.1 Å². The van der Waals surface area contributed by atoms with Crippen molar-refractivity contribution in [2.75, 3.05) is 11.4 Å². The molecule has 0 radical (unpaired) electrons. The maximum atomic E-state index is 13.2. The Labute approximate surface area is 168 Å². The van der Waals surface area contributed by atoms with E-state index < -0.39 is 0 Å². The highest BCUT2D eigenvalue weighted by molar-refractivity contribution is 8.13. The van der Waals surface area contributed by atoms with Crippen molar-refractivity contribution in [3.05, 3.63) is 64.2 Å². The van der Waals surface area contributed by atoms with Gasteiger partial charge >= 0.3 is 0 Å². The molecule has 2 aliphatic heterocycles. The molecule has 0 bridgehead atoms. The second kappa shape index (κ2) is 7.64. The molecule has 0 aliphatic carbocycles. The fraction of sp³-hybridized carbons (Fsp3) is 0.300. The van der Waals surface area contributed by atoms with Crippen molar-refractivity contribution in [1.29, 1.82) is 0 Å². The molecule has 5 nitrogen and oxygen atoms in total. The average Bonchev–Trinajstić information content (AvgIpc) is 3.13. The molecular weight excluding hydrogens is 380 g/mol. The highest BCUT2D eigenvalue weighted by Crippen LogP contribution is 2.32. The molecule has 1 saturated heterocycles. The summed E-state index contributed by atoms with van der Waals surface area (Å²) in [6.07, 6.45) is -0.221. The predicted molar refractivity (Wildman–Crippen MR) is 112 cm³/mol. The number of nitrogens with one attached hydrogen (secondary N) is 2. The van der Waals surface area contributed by atoms with Crippen molar-refractivity contribution in [2.24, 2.45) is 10.9 Å². The van der Waals surface area contributed by atoms with E-state index in [4.69, 9.17) is 16.6 Å². The summed E-state index contributed by atoms with van der Waals surface area (Å²) in [5, 5.41) is 1.40. The van der Waals surface area contributed by atoms with E-state index in [-0.39, 0.29) is 18.0 Å². The van der Waals surface area contributed by atoms with Gasteiger partial charge in [0, 0.05) is 17.3 Å². The molecule has 4 rings (SSSR count). The number of rotatable bonds is 3. The van der Waals surface area contributed by atoms with Crippen LogP contribution in [0.25, 0.3) is 0 Å². The van der Waals surface area contributed by atoms with E-state index in [1.807, 2.05) is 37.3 Å². The Balaban J connectivity index is 1.67.